The SMILES string of the molecule is C[C@@H](OC(=O)/C=C/c1ccco1)C(=O)Nc1cc(Cl)ccc1Cl. The van der Waals surface area contributed by atoms with Gasteiger partial charge >= 0.3 is 5.97 Å². The van der Waals surface area contributed by atoms with Crippen LogP contribution in [0.1, 0.15) is 12.7 Å². The van der Waals surface area contributed by atoms with E-state index < -0.39 is 18.0 Å². The van der Waals surface area contributed by atoms with Crippen LogP contribution in [0, 0.1) is 0 Å². The van der Waals surface area contributed by atoms with Crippen molar-refractivity contribution in [1.82, 2.24) is 0 Å². The van der Waals surface area contributed by atoms with Crippen LogP contribution in [0.3, 0.4) is 0 Å². The number of halogens is 2. The fourth-order valence-electron chi connectivity index (χ4n) is 1.63. The van der Waals surface area contributed by atoms with Crippen molar-refractivity contribution in [3.8, 4) is 0 Å². The Morgan fingerprint density at radius 2 is 2.09 bits per heavy atom. The van der Waals surface area contributed by atoms with Crippen LogP contribution in [0.4, 0.5) is 5.69 Å². The van der Waals surface area contributed by atoms with Gasteiger partial charge in [0.1, 0.15) is 5.76 Å². The molecule has 0 aliphatic heterocycles. The van der Waals surface area contributed by atoms with Crippen molar-refractivity contribution < 1.29 is 18.7 Å². The molecule has 5 nitrogen and oxygen atoms in total. The lowest BCUT2D eigenvalue weighted by atomic mass is 10.3. The van der Waals surface area contributed by atoms with Gasteiger partial charge in [0, 0.05) is 11.1 Å². The summed E-state index contributed by atoms with van der Waals surface area (Å²) in [6.07, 6.45) is 3.10. The van der Waals surface area contributed by atoms with Gasteiger partial charge in [-0.1, -0.05) is 23.2 Å². The number of nitrogens with one attached hydrogen (secondary N) is 1. The summed E-state index contributed by atoms with van der Waals surface area (Å²) < 4.78 is 10.0. The monoisotopic (exact) mass is 353 g/mol. The van der Waals surface area contributed by atoms with Crippen molar-refractivity contribution in [2.24, 2.45) is 0 Å². The molecule has 1 atom stereocenters. The first-order valence-electron chi connectivity index (χ1n) is 6.64. The van der Waals surface area contributed by atoms with Crippen LogP contribution in [0.2, 0.25) is 10.0 Å². The molecule has 0 saturated carbocycles. The third-order valence-corrected chi connectivity index (χ3v) is 3.34. The van der Waals surface area contributed by atoms with Crippen LogP contribution in [-0.2, 0) is 14.3 Å². The van der Waals surface area contributed by atoms with Gasteiger partial charge in [-0.25, -0.2) is 4.79 Å². The van der Waals surface area contributed by atoms with Gasteiger partial charge in [0.05, 0.1) is 17.0 Å². The molecule has 1 aromatic heterocycles. The third kappa shape index (κ3) is 5.16. The van der Waals surface area contributed by atoms with Gasteiger partial charge in [-0.2, -0.15) is 0 Å². The van der Waals surface area contributed by atoms with Crippen LogP contribution in [0.15, 0.2) is 47.1 Å². The van der Waals surface area contributed by atoms with Gasteiger partial charge in [0.15, 0.2) is 6.10 Å². The molecule has 1 N–H and O–H groups in total. The Labute approximate surface area is 142 Å². The molecule has 0 fully saturated rings. The van der Waals surface area contributed by atoms with E-state index in [2.05, 4.69) is 5.32 Å². The minimum atomic E-state index is -1.00. The van der Waals surface area contributed by atoms with E-state index in [1.165, 1.54) is 31.4 Å². The number of amides is 1. The Morgan fingerprint density at radius 3 is 2.78 bits per heavy atom. The number of esters is 1. The van der Waals surface area contributed by atoms with Gasteiger partial charge in [-0.15, -0.1) is 0 Å². The third-order valence-electron chi connectivity index (χ3n) is 2.78. The van der Waals surface area contributed by atoms with Gasteiger partial charge in [0.2, 0.25) is 0 Å². The van der Waals surface area contributed by atoms with Crippen LogP contribution in [-0.4, -0.2) is 18.0 Å². The first kappa shape index (κ1) is 17.1. The van der Waals surface area contributed by atoms with E-state index >= 15 is 0 Å². The first-order chi connectivity index (χ1) is 11.0. The number of hydrogen-bond donors (Lipinski definition) is 1. The molecule has 0 bridgehead atoms. The Hall–Kier alpha value is -2.24. The lowest BCUT2D eigenvalue weighted by Gasteiger charge is -2.13. The number of benzene rings is 1. The highest BCUT2D eigenvalue weighted by molar-refractivity contribution is 6.35. The number of anilines is 1. The smallest absolute Gasteiger partial charge is 0.331 e. The summed E-state index contributed by atoms with van der Waals surface area (Å²) in [4.78, 5) is 23.7. The molecule has 1 amide bonds. The zero-order valence-electron chi connectivity index (χ0n) is 12.1. The van der Waals surface area contributed by atoms with Crippen molar-refractivity contribution in [3.63, 3.8) is 0 Å². The average Bonchev–Trinajstić information content (AvgIpc) is 3.02. The highest BCUT2D eigenvalue weighted by atomic mass is 35.5. The summed E-state index contributed by atoms with van der Waals surface area (Å²) in [5.74, 6) is -0.681. The molecule has 1 aromatic carbocycles. The number of carbonyl (C=O) groups is 2. The Bertz CT molecular complexity index is 726. The van der Waals surface area contributed by atoms with Crippen LogP contribution >= 0.6 is 23.2 Å². The van der Waals surface area contributed by atoms with E-state index in [1.54, 1.807) is 24.3 Å². The van der Waals surface area contributed by atoms with Crippen molar-refractivity contribution in [1.29, 1.82) is 0 Å². The number of ether oxygens (including phenoxy) is 1. The molecule has 0 saturated heterocycles. The molecule has 120 valence electrons. The number of hydrogen-bond acceptors (Lipinski definition) is 4. The predicted octanol–water partition coefficient (Wildman–Crippen LogP) is 4.17. The lowest BCUT2D eigenvalue weighted by molar-refractivity contribution is -0.148. The average molecular weight is 354 g/mol. The summed E-state index contributed by atoms with van der Waals surface area (Å²) in [5, 5.41) is 3.31. The molecule has 1 heterocycles. The number of furan rings is 1. The lowest BCUT2D eigenvalue weighted by Crippen LogP contribution is -2.29. The molecule has 0 aliphatic rings. The molecule has 0 aliphatic carbocycles. The maximum absolute atomic E-state index is 12.0. The Balaban J connectivity index is 1.92. The summed E-state index contributed by atoms with van der Waals surface area (Å²) >= 11 is 11.8. The quantitative estimate of drug-likeness (QED) is 0.646. The van der Waals surface area contributed by atoms with E-state index in [-0.39, 0.29) is 0 Å². The second-order valence-corrected chi connectivity index (χ2v) is 5.38. The number of carbonyl (C=O) groups excluding carboxylic acids is 2. The first-order valence-corrected chi connectivity index (χ1v) is 7.39. The fraction of sp³-hybridized carbons (Fsp3) is 0.125. The van der Waals surface area contributed by atoms with Gasteiger partial charge in [-0.3, -0.25) is 4.79 Å². The molecule has 2 rings (SSSR count). The van der Waals surface area contributed by atoms with Crippen molar-refractivity contribution in [3.05, 3.63) is 58.5 Å². The number of rotatable bonds is 5. The molecular weight excluding hydrogens is 341 g/mol. The van der Waals surface area contributed by atoms with Crippen molar-refractivity contribution in [2.75, 3.05) is 5.32 Å². The maximum atomic E-state index is 12.0. The summed E-state index contributed by atoms with van der Waals surface area (Å²) in [5.41, 5.74) is 0.346. The van der Waals surface area contributed by atoms with E-state index in [0.717, 1.165) is 0 Å². The molecule has 0 radical (unpaired) electrons. The maximum Gasteiger partial charge on any atom is 0.331 e. The predicted molar refractivity (Wildman–Crippen MR) is 88.4 cm³/mol. The molecule has 23 heavy (non-hydrogen) atoms. The van der Waals surface area contributed by atoms with Crippen LogP contribution in [0.25, 0.3) is 6.08 Å². The minimum absolute atomic E-state index is 0.332. The van der Waals surface area contributed by atoms with Crippen molar-refractivity contribution in [2.45, 2.75) is 13.0 Å². The normalized spacial score (nSPS) is 12.1. The van der Waals surface area contributed by atoms with Crippen LogP contribution in [0.5, 0.6) is 0 Å². The van der Waals surface area contributed by atoms with E-state index in [4.69, 9.17) is 32.4 Å². The van der Waals surface area contributed by atoms with Gasteiger partial charge < -0.3 is 14.5 Å². The Kier molecular flexibility index (Phi) is 5.84. The highest BCUT2D eigenvalue weighted by Gasteiger charge is 2.17. The summed E-state index contributed by atoms with van der Waals surface area (Å²) in [7, 11) is 0. The topological polar surface area (TPSA) is 68.5 Å². The van der Waals surface area contributed by atoms with E-state index in [9.17, 15) is 9.59 Å². The zero-order chi connectivity index (χ0) is 16.8. The Morgan fingerprint density at radius 1 is 1.30 bits per heavy atom. The van der Waals surface area contributed by atoms with Gasteiger partial charge in [-0.05, 0) is 43.3 Å². The summed E-state index contributed by atoms with van der Waals surface area (Å²) in [6, 6.07) is 8.04. The molecule has 0 spiro atoms. The standard InChI is InChI=1S/C16H13Cl2NO4/c1-10(23-15(20)7-5-12-3-2-8-22-12)16(21)19-14-9-11(17)4-6-13(14)18/h2-10H,1H3,(H,19,21)/b7-5+/t10-/m1/s1. The second kappa shape index (κ2) is 7.85. The van der Waals surface area contributed by atoms with Crippen molar-refractivity contribution >= 4 is 46.8 Å². The molecule has 0 unspecified atom stereocenters. The van der Waals surface area contributed by atoms with E-state index in [0.29, 0.717) is 21.5 Å². The van der Waals surface area contributed by atoms with E-state index in [1.807, 2.05) is 0 Å². The minimum Gasteiger partial charge on any atom is -0.465 e. The fourth-order valence-corrected chi connectivity index (χ4v) is 1.97. The highest BCUT2D eigenvalue weighted by Crippen LogP contribution is 2.25. The summed E-state index contributed by atoms with van der Waals surface area (Å²) in [6.45, 7) is 1.45. The molecule has 2 aromatic rings. The largest absolute Gasteiger partial charge is 0.465 e. The van der Waals surface area contributed by atoms with Crippen LogP contribution < -0.4 is 5.32 Å². The zero-order valence-corrected chi connectivity index (χ0v) is 13.6. The second-order valence-electron chi connectivity index (χ2n) is 4.54. The van der Waals surface area contributed by atoms with Gasteiger partial charge in [0.25, 0.3) is 5.91 Å². The molecule has 7 heteroatoms. The molecular formula is C16H13Cl2NO4.